The zero-order chi connectivity index (χ0) is 16.2. The summed E-state index contributed by atoms with van der Waals surface area (Å²) < 4.78 is 6.96. The fourth-order valence-electron chi connectivity index (χ4n) is 2.02. The van der Waals surface area contributed by atoms with E-state index in [2.05, 4.69) is 10.1 Å². The van der Waals surface area contributed by atoms with Crippen LogP contribution in [0.5, 0.6) is 5.75 Å². The monoisotopic (exact) mass is 311 g/mol. The smallest absolute Gasteiger partial charge is 0.269 e. The van der Waals surface area contributed by atoms with Crippen LogP contribution in [0.4, 0.5) is 5.69 Å². The van der Waals surface area contributed by atoms with E-state index in [4.69, 9.17) is 4.74 Å². The van der Waals surface area contributed by atoms with E-state index in [9.17, 15) is 14.9 Å². The van der Waals surface area contributed by atoms with Crippen molar-refractivity contribution in [3.63, 3.8) is 0 Å². The van der Waals surface area contributed by atoms with Crippen molar-refractivity contribution in [3.05, 3.63) is 78.6 Å². The van der Waals surface area contributed by atoms with Crippen LogP contribution in [0.2, 0.25) is 0 Å². The Morgan fingerprint density at radius 2 is 1.91 bits per heavy atom. The van der Waals surface area contributed by atoms with E-state index >= 15 is 0 Å². The molecule has 23 heavy (non-hydrogen) atoms. The number of aromatic nitrogens is 3. The third-order valence-corrected chi connectivity index (χ3v) is 3.14. The first-order valence-corrected chi connectivity index (χ1v) is 6.66. The summed E-state index contributed by atoms with van der Waals surface area (Å²) in [6.07, 6.45) is 8.47. The minimum atomic E-state index is -1.04. The highest BCUT2D eigenvalue weighted by Crippen LogP contribution is 2.30. The molecule has 0 N–H and O–H groups in total. The lowest BCUT2D eigenvalue weighted by Crippen LogP contribution is -2.29. The Balaban J connectivity index is 1.81. The molecule has 2 aromatic rings. The van der Waals surface area contributed by atoms with Gasteiger partial charge in [0.2, 0.25) is 5.78 Å². The van der Waals surface area contributed by atoms with Gasteiger partial charge in [-0.2, -0.15) is 5.10 Å². The second kappa shape index (κ2) is 6.55. The minimum Gasteiger partial charge on any atom is -0.461 e. The summed E-state index contributed by atoms with van der Waals surface area (Å²) in [5.41, 5.74) is -0.0583. The highest BCUT2D eigenvalue weighted by Gasteiger charge is 2.33. The molecule has 1 heterocycles. The van der Waals surface area contributed by atoms with Gasteiger partial charge >= 0.3 is 0 Å². The first-order valence-electron chi connectivity index (χ1n) is 6.66. The van der Waals surface area contributed by atoms with Crippen LogP contribution in [0.3, 0.4) is 0 Å². The normalized spacial score (nSPS) is 16.2. The lowest BCUT2D eigenvalue weighted by Gasteiger charge is -2.20. The average molecular weight is 311 g/mol. The van der Waals surface area contributed by atoms with E-state index in [-0.39, 0.29) is 11.5 Å². The molecule has 115 valence electrons. The van der Waals surface area contributed by atoms with Gasteiger partial charge in [0.1, 0.15) is 18.4 Å². The Labute approximate surface area is 132 Å². The number of rotatable bonds is 6. The predicted octanol–water partition coefficient (Wildman–Crippen LogP) is 1.74. The number of nitro benzene ring substituents is 1. The topological polar surface area (TPSA) is 100 Å². The fraction of sp³-hybridized carbons (Fsp3) is 0.0667. The van der Waals surface area contributed by atoms with Crippen molar-refractivity contribution in [1.29, 1.82) is 0 Å². The second-order valence-corrected chi connectivity index (χ2v) is 4.63. The van der Waals surface area contributed by atoms with Gasteiger partial charge in [-0.05, 0) is 37.8 Å². The van der Waals surface area contributed by atoms with Gasteiger partial charge < -0.3 is 4.74 Å². The molecular formula is C15H11N4O4. The van der Waals surface area contributed by atoms with Crippen molar-refractivity contribution in [2.45, 2.75) is 6.23 Å². The van der Waals surface area contributed by atoms with Gasteiger partial charge in [-0.1, -0.05) is 0 Å². The molecular weight excluding hydrogens is 300 g/mol. The van der Waals surface area contributed by atoms with Crippen molar-refractivity contribution >= 4 is 11.5 Å². The standard InChI is InChI=1S/C15H11N4O4/c20-14(11-3-1-2-4-11)15(18-10-16-9-17-18)23-13-7-5-12(6-8-13)19(21)22/h1-10,15H. The first kappa shape index (κ1) is 15.1. The van der Waals surface area contributed by atoms with Crippen LogP contribution in [0, 0.1) is 41.7 Å². The molecule has 0 saturated heterocycles. The maximum absolute atomic E-state index is 12.6. The number of hydrogen-bond acceptors (Lipinski definition) is 6. The van der Waals surface area contributed by atoms with Crippen LogP contribution in [-0.4, -0.2) is 25.5 Å². The molecule has 1 unspecified atom stereocenters. The molecule has 1 aromatic heterocycles. The van der Waals surface area contributed by atoms with Crippen LogP contribution in [0.1, 0.15) is 6.23 Å². The van der Waals surface area contributed by atoms with Crippen LogP contribution >= 0.6 is 0 Å². The summed E-state index contributed by atoms with van der Waals surface area (Å²) in [4.78, 5) is 26.5. The summed E-state index contributed by atoms with van der Waals surface area (Å²) in [6.45, 7) is 0. The first-order chi connectivity index (χ1) is 11.1. The lowest BCUT2D eigenvalue weighted by atomic mass is 10.0. The summed E-state index contributed by atoms with van der Waals surface area (Å²) in [7, 11) is 0. The van der Waals surface area contributed by atoms with Crippen LogP contribution in [0.15, 0.2) is 36.9 Å². The van der Waals surface area contributed by atoms with E-state index in [0.29, 0.717) is 11.7 Å². The highest BCUT2D eigenvalue weighted by atomic mass is 16.6. The number of hydrogen-bond donors (Lipinski definition) is 0. The number of carbonyl (C=O) groups is 1. The number of Topliss-reactive ketones (excluding diaryl/α,β-unsaturated/α-hetero) is 1. The van der Waals surface area contributed by atoms with E-state index in [1.165, 1.54) is 41.6 Å². The van der Waals surface area contributed by atoms with Crippen molar-refractivity contribution < 1.29 is 14.5 Å². The molecule has 0 bridgehead atoms. The summed E-state index contributed by atoms with van der Waals surface area (Å²) in [5, 5.41) is 14.6. The van der Waals surface area contributed by atoms with Gasteiger partial charge in [-0.3, -0.25) is 14.9 Å². The molecule has 0 aliphatic heterocycles. The van der Waals surface area contributed by atoms with Crippen molar-refractivity contribution in [1.82, 2.24) is 14.8 Å². The number of ether oxygens (including phenoxy) is 1. The fourth-order valence-corrected chi connectivity index (χ4v) is 2.02. The predicted molar refractivity (Wildman–Crippen MR) is 78.2 cm³/mol. The van der Waals surface area contributed by atoms with Crippen LogP contribution in [-0.2, 0) is 4.79 Å². The zero-order valence-electron chi connectivity index (χ0n) is 11.8. The minimum absolute atomic E-state index is 0.0583. The largest absolute Gasteiger partial charge is 0.461 e. The molecule has 0 spiro atoms. The quantitative estimate of drug-likeness (QED) is 0.595. The molecule has 1 aromatic carbocycles. The van der Waals surface area contributed by atoms with Crippen LogP contribution < -0.4 is 4.74 Å². The molecule has 3 rings (SSSR count). The molecule has 1 fully saturated rings. The lowest BCUT2D eigenvalue weighted by molar-refractivity contribution is -0.384. The van der Waals surface area contributed by atoms with Gasteiger partial charge in [0.25, 0.3) is 11.9 Å². The molecule has 1 aliphatic carbocycles. The molecule has 0 amide bonds. The van der Waals surface area contributed by atoms with Gasteiger partial charge in [0.15, 0.2) is 0 Å². The third-order valence-electron chi connectivity index (χ3n) is 3.14. The molecule has 8 heteroatoms. The maximum atomic E-state index is 12.6. The van der Waals surface area contributed by atoms with E-state index in [1.54, 1.807) is 25.7 Å². The highest BCUT2D eigenvalue weighted by molar-refractivity contribution is 5.99. The Bertz CT molecular complexity index is 678. The second-order valence-electron chi connectivity index (χ2n) is 4.63. The van der Waals surface area contributed by atoms with Gasteiger partial charge in [0, 0.05) is 12.1 Å². The average Bonchev–Trinajstić information content (AvgIpc) is 3.25. The number of benzene rings is 1. The Morgan fingerprint density at radius 1 is 1.22 bits per heavy atom. The number of ketones is 1. The van der Waals surface area contributed by atoms with Gasteiger partial charge in [-0.25, -0.2) is 9.67 Å². The Morgan fingerprint density at radius 3 is 2.48 bits per heavy atom. The molecule has 1 aliphatic rings. The SMILES string of the molecule is O=C([C]1[CH][CH][CH][CH]1)C(Oc1ccc([N+](=O)[O-])cc1)n1cncn1. The van der Waals surface area contributed by atoms with Crippen molar-refractivity contribution in [2.24, 2.45) is 0 Å². The van der Waals surface area contributed by atoms with Gasteiger partial charge in [0.05, 0.1) is 10.8 Å². The molecule has 1 saturated carbocycles. The van der Waals surface area contributed by atoms with Crippen molar-refractivity contribution in [3.8, 4) is 5.75 Å². The van der Waals surface area contributed by atoms with E-state index in [1.807, 2.05) is 0 Å². The van der Waals surface area contributed by atoms with E-state index in [0.717, 1.165) is 0 Å². The molecule has 1 atom stereocenters. The molecule has 8 nitrogen and oxygen atoms in total. The zero-order valence-corrected chi connectivity index (χ0v) is 11.8. The van der Waals surface area contributed by atoms with E-state index < -0.39 is 11.2 Å². The number of non-ortho nitro benzene ring substituents is 1. The third kappa shape index (κ3) is 3.36. The van der Waals surface area contributed by atoms with Crippen molar-refractivity contribution in [2.75, 3.05) is 0 Å². The maximum Gasteiger partial charge on any atom is 0.269 e. The summed E-state index contributed by atoms with van der Waals surface area (Å²) in [5.74, 6) is 0.502. The Kier molecular flexibility index (Phi) is 4.31. The number of nitrogens with zero attached hydrogens (tertiary/aromatic N) is 4. The van der Waals surface area contributed by atoms with Gasteiger partial charge in [-0.15, -0.1) is 0 Å². The number of carbonyl (C=O) groups excluding carboxylic acids is 1. The number of nitro groups is 1. The Hall–Kier alpha value is -2.77. The summed E-state index contributed by atoms with van der Waals surface area (Å²) in [6, 6.07) is 5.47. The molecule has 5 radical (unpaired) electrons. The summed E-state index contributed by atoms with van der Waals surface area (Å²) >= 11 is 0. The van der Waals surface area contributed by atoms with Crippen LogP contribution in [0.25, 0.3) is 0 Å².